The summed E-state index contributed by atoms with van der Waals surface area (Å²) in [6.45, 7) is 6.69. The molecule has 0 amide bonds. The Morgan fingerprint density at radius 1 is 1.10 bits per heavy atom. The number of rotatable bonds is 3. The molecule has 2 aromatic rings. The van der Waals surface area contributed by atoms with Gasteiger partial charge in [0.25, 0.3) is 0 Å². The fourth-order valence-corrected chi connectivity index (χ4v) is 6.66. The van der Waals surface area contributed by atoms with Crippen LogP contribution in [0.5, 0.6) is 5.75 Å². The molecule has 0 N–H and O–H groups in total. The van der Waals surface area contributed by atoms with Crippen molar-refractivity contribution in [2.45, 2.75) is 64.7 Å². The fraction of sp³-hybridized carbons (Fsp3) is 0.483. The number of ketones is 1. The summed E-state index contributed by atoms with van der Waals surface area (Å²) in [5, 5.41) is 0. The van der Waals surface area contributed by atoms with Gasteiger partial charge in [-0.15, -0.1) is 0 Å². The van der Waals surface area contributed by atoms with E-state index in [-0.39, 0.29) is 5.41 Å². The Labute approximate surface area is 186 Å². The van der Waals surface area contributed by atoms with Crippen LogP contribution in [-0.4, -0.2) is 12.9 Å². The average Bonchev–Trinajstić information content (AvgIpc) is 3.04. The predicted octanol–water partition coefficient (Wildman–Crippen LogP) is 6.94. The highest BCUT2D eigenvalue weighted by Gasteiger charge is 2.56. The molecule has 3 aliphatic rings. The zero-order valence-electron chi connectivity index (χ0n) is 19.3. The lowest BCUT2D eigenvalue weighted by atomic mass is 9.55. The molecule has 0 aromatic heterocycles. The first-order chi connectivity index (χ1) is 14.9. The highest BCUT2D eigenvalue weighted by molar-refractivity contribution is 6.06. The molecule has 31 heavy (non-hydrogen) atoms. The first kappa shape index (κ1) is 20.5. The zero-order valence-corrected chi connectivity index (χ0v) is 19.3. The number of ether oxygens (including phenoxy) is 1. The molecule has 0 saturated heterocycles. The summed E-state index contributed by atoms with van der Waals surface area (Å²) in [6, 6.07) is 15.4. The minimum atomic E-state index is -0.186. The van der Waals surface area contributed by atoms with E-state index >= 15 is 0 Å². The molecule has 5 rings (SSSR count). The van der Waals surface area contributed by atoms with Crippen molar-refractivity contribution < 1.29 is 9.53 Å². The first-order valence-corrected chi connectivity index (χ1v) is 11.9. The van der Waals surface area contributed by atoms with Gasteiger partial charge in [-0.25, -0.2) is 0 Å². The molecule has 2 heteroatoms. The van der Waals surface area contributed by atoms with Gasteiger partial charge in [-0.1, -0.05) is 51.1 Å². The summed E-state index contributed by atoms with van der Waals surface area (Å²) in [5.74, 6) is 3.56. The molecule has 4 atom stereocenters. The maximum atomic E-state index is 13.6. The van der Waals surface area contributed by atoms with E-state index in [1.54, 1.807) is 7.11 Å². The number of Topliss-reactive ketones (excluding diaryl/α,β-unsaturated/α-hetero) is 1. The van der Waals surface area contributed by atoms with E-state index in [0.717, 1.165) is 42.6 Å². The van der Waals surface area contributed by atoms with Gasteiger partial charge in [0.1, 0.15) is 5.75 Å². The molecule has 2 aromatic carbocycles. The molecule has 0 spiro atoms. The SMILES string of the molecule is COc1ccc2c(c1)CCC1C2CCC2(C)C(=O)/C(=C/c3ccc(C(C)C)cc3)CC12. The second-order valence-electron chi connectivity index (χ2n) is 10.5. The lowest BCUT2D eigenvalue weighted by Crippen LogP contribution is -2.42. The van der Waals surface area contributed by atoms with Crippen molar-refractivity contribution in [1.82, 2.24) is 0 Å². The summed E-state index contributed by atoms with van der Waals surface area (Å²) in [6.07, 6.45) is 7.53. The molecule has 0 bridgehead atoms. The number of methoxy groups -OCH3 is 1. The monoisotopic (exact) mass is 414 g/mol. The molecule has 0 aliphatic heterocycles. The number of carbonyl (C=O) groups is 1. The smallest absolute Gasteiger partial charge is 0.165 e. The third-order valence-corrected chi connectivity index (χ3v) is 8.52. The summed E-state index contributed by atoms with van der Waals surface area (Å²) in [5.41, 5.74) is 6.33. The van der Waals surface area contributed by atoms with Gasteiger partial charge in [0, 0.05) is 5.41 Å². The van der Waals surface area contributed by atoms with Gasteiger partial charge in [-0.2, -0.15) is 0 Å². The maximum Gasteiger partial charge on any atom is 0.165 e. The van der Waals surface area contributed by atoms with E-state index in [4.69, 9.17) is 4.74 Å². The van der Waals surface area contributed by atoms with Crippen molar-refractivity contribution in [3.63, 3.8) is 0 Å². The van der Waals surface area contributed by atoms with Crippen molar-refractivity contribution in [1.29, 1.82) is 0 Å². The molecule has 162 valence electrons. The van der Waals surface area contributed by atoms with Crippen LogP contribution in [0.4, 0.5) is 0 Å². The third kappa shape index (κ3) is 3.35. The van der Waals surface area contributed by atoms with E-state index in [1.807, 2.05) is 0 Å². The number of hydrogen-bond donors (Lipinski definition) is 0. The van der Waals surface area contributed by atoms with Crippen LogP contribution in [0.2, 0.25) is 0 Å². The van der Waals surface area contributed by atoms with Gasteiger partial charge in [0.15, 0.2) is 5.78 Å². The quantitative estimate of drug-likeness (QED) is 0.509. The highest BCUT2D eigenvalue weighted by Crippen LogP contribution is 2.60. The molecule has 3 aliphatic carbocycles. The van der Waals surface area contributed by atoms with Crippen LogP contribution in [0.3, 0.4) is 0 Å². The van der Waals surface area contributed by atoms with Crippen LogP contribution >= 0.6 is 0 Å². The van der Waals surface area contributed by atoms with Crippen LogP contribution in [0.15, 0.2) is 48.0 Å². The van der Waals surface area contributed by atoms with Crippen molar-refractivity contribution in [3.05, 3.63) is 70.3 Å². The Bertz CT molecular complexity index is 1030. The van der Waals surface area contributed by atoms with E-state index in [0.29, 0.717) is 29.5 Å². The fourth-order valence-electron chi connectivity index (χ4n) is 6.66. The minimum Gasteiger partial charge on any atom is -0.497 e. The predicted molar refractivity (Wildman–Crippen MR) is 127 cm³/mol. The first-order valence-electron chi connectivity index (χ1n) is 11.9. The number of aryl methyl sites for hydroxylation is 1. The molecule has 4 unspecified atom stereocenters. The van der Waals surface area contributed by atoms with Crippen molar-refractivity contribution in [2.24, 2.45) is 17.3 Å². The second kappa shape index (κ2) is 7.65. The third-order valence-electron chi connectivity index (χ3n) is 8.52. The minimum absolute atomic E-state index is 0.186. The molecule has 2 nitrogen and oxygen atoms in total. The molecule has 0 radical (unpaired) electrons. The standard InChI is InChI=1S/C29H34O2/c1-18(2)20-7-5-19(6-8-20)15-22-17-27-26-11-9-21-16-23(31-4)10-12-24(21)25(26)13-14-29(27,3)28(22)30/h5-8,10,12,15-16,18,25-27H,9,11,13-14,17H2,1-4H3/b22-15+. The lowest BCUT2D eigenvalue weighted by molar-refractivity contribution is -0.127. The van der Waals surface area contributed by atoms with E-state index in [1.165, 1.54) is 23.1 Å². The number of hydrogen-bond acceptors (Lipinski definition) is 2. The topological polar surface area (TPSA) is 26.3 Å². The van der Waals surface area contributed by atoms with Gasteiger partial charge in [0.2, 0.25) is 0 Å². The Hall–Kier alpha value is -2.35. The van der Waals surface area contributed by atoms with Gasteiger partial charge in [-0.05, 0) is 102 Å². The molecular weight excluding hydrogens is 380 g/mol. The van der Waals surface area contributed by atoms with E-state index in [2.05, 4.69) is 69.3 Å². The van der Waals surface area contributed by atoms with E-state index < -0.39 is 0 Å². The molecular formula is C29H34O2. The summed E-state index contributed by atoms with van der Waals surface area (Å²) < 4.78 is 5.45. The summed E-state index contributed by atoms with van der Waals surface area (Å²) >= 11 is 0. The van der Waals surface area contributed by atoms with Crippen LogP contribution in [0.1, 0.15) is 80.5 Å². The second-order valence-corrected chi connectivity index (χ2v) is 10.5. The highest BCUT2D eigenvalue weighted by atomic mass is 16.5. The number of carbonyl (C=O) groups excluding carboxylic acids is 1. The van der Waals surface area contributed by atoms with Gasteiger partial charge >= 0.3 is 0 Å². The lowest BCUT2D eigenvalue weighted by Gasteiger charge is -2.48. The zero-order chi connectivity index (χ0) is 21.8. The van der Waals surface area contributed by atoms with Crippen molar-refractivity contribution in [3.8, 4) is 5.75 Å². The molecule has 2 fully saturated rings. The number of fused-ring (bicyclic) bond motifs is 5. The van der Waals surface area contributed by atoms with Gasteiger partial charge in [0.05, 0.1) is 7.11 Å². The molecule has 0 heterocycles. The van der Waals surface area contributed by atoms with E-state index in [9.17, 15) is 4.79 Å². The number of benzene rings is 2. The average molecular weight is 415 g/mol. The summed E-state index contributed by atoms with van der Waals surface area (Å²) in [7, 11) is 1.74. The Morgan fingerprint density at radius 2 is 1.87 bits per heavy atom. The van der Waals surface area contributed by atoms with Crippen LogP contribution in [0.25, 0.3) is 6.08 Å². The van der Waals surface area contributed by atoms with Crippen molar-refractivity contribution in [2.75, 3.05) is 7.11 Å². The van der Waals surface area contributed by atoms with Crippen LogP contribution in [0, 0.1) is 17.3 Å². The Morgan fingerprint density at radius 3 is 2.58 bits per heavy atom. The molecule has 2 saturated carbocycles. The largest absolute Gasteiger partial charge is 0.497 e. The Balaban J connectivity index is 1.43. The normalized spacial score (nSPS) is 30.8. The summed E-state index contributed by atoms with van der Waals surface area (Å²) in [4.78, 5) is 13.6. The van der Waals surface area contributed by atoms with Crippen LogP contribution < -0.4 is 4.74 Å². The Kier molecular flexibility index (Phi) is 5.07. The number of allylic oxidation sites excluding steroid dienone is 1. The van der Waals surface area contributed by atoms with Crippen molar-refractivity contribution >= 4 is 11.9 Å². The van der Waals surface area contributed by atoms with Crippen LogP contribution in [-0.2, 0) is 11.2 Å². The maximum absolute atomic E-state index is 13.6. The van der Waals surface area contributed by atoms with Gasteiger partial charge in [-0.3, -0.25) is 4.79 Å². The van der Waals surface area contributed by atoms with Gasteiger partial charge < -0.3 is 4.74 Å².